The highest BCUT2D eigenvalue weighted by Gasteiger charge is 2.29. The second-order valence-corrected chi connectivity index (χ2v) is 5.03. The van der Waals surface area contributed by atoms with Crippen molar-refractivity contribution in [3.05, 3.63) is 33.3 Å². The molecule has 3 N–H and O–H groups in total. The maximum atomic E-state index is 11.0. The van der Waals surface area contributed by atoms with Gasteiger partial charge in [-0.2, -0.15) is 0 Å². The number of hydrogen-bond donors (Lipinski definition) is 3. The van der Waals surface area contributed by atoms with Crippen molar-refractivity contribution in [2.75, 3.05) is 18.5 Å². The maximum absolute atomic E-state index is 11.0. The summed E-state index contributed by atoms with van der Waals surface area (Å²) in [5, 5.41) is 25.5. The van der Waals surface area contributed by atoms with Gasteiger partial charge in [0, 0.05) is 17.7 Å². The fourth-order valence-electron chi connectivity index (χ4n) is 2.19. The Labute approximate surface area is 125 Å². The molecular weight excluding hydrogens is 302 g/mol. The summed E-state index contributed by atoms with van der Waals surface area (Å²) in [6.45, 7) is 0.691. The lowest BCUT2D eigenvalue weighted by Crippen LogP contribution is -2.51. The standard InChI is InChI=1S/C12H14ClN3O5/c13-7-1-2-9(11(5-7)16(19)20)14-10-6-21-4-3-8(10)15-12(17)18/h1-2,5,8,10,14-15H,3-4,6H2,(H,17,18)/t8-,10-/m1/s1. The number of anilines is 1. The summed E-state index contributed by atoms with van der Waals surface area (Å²) < 4.78 is 5.30. The number of rotatable bonds is 4. The molecule has 1 aromatic rings. The van der Waals surface area contributed by atoms with Crippen LogP contribution >= 0.6 is 11.6 Å². The summed E-state index contributed by atoms with van der Waals surface area (Å²) in [6, 6.07) is 3.49. The number of halogens is 1. The predicted molar refractivity (Wildman–Crippen MR) is 75.9 cm³/mol. The zero-order valence-electron chi connectivity index (χ0n) is 10.9. The van der Waals surface area contributed by atoms with Crippen molar-refractivity contribution in [2.24, 2.45) is 0 Å². The van der Waals surface area contributed by atoms with E-state index in [-0.39, 0.29) is 29.0 Å². The molecule has 21 heavy (non-hydrogen) atoms. The Bertz CT molecular complexity index is 554. The fourth-order valence-corrected chi connectivity index (χ4v) is 2.36. The molecule has 1 saturated heterocycles. The molecule has 0 spiro atoms. The highest BCUT2D eigenvalue weighted by Crippen LogP contribution is 2.29. The van der Waals surface area contributed by atoms with Gasteiger partial charge in [0.05, 0.1) is 23.6 Å². The fraction of sp³-hybridized carbons (Fsp3) is 0.417. The number of nitrogens with one attached hydrogen (secondary N) is 2. The van der Waals surface area contributed by atoms with Gasteiger partial charge in [0.15, 0.2) is 0 Å². The molecule has 2 rings (SSSR count). The van der Waals surface area contributed by atoms with Gasteiger partial charge in [-0.25, -0.2) is 4.79 Å². The summed E-state index contributed by atoms with van der Waals surface area (Å²) in [5.41, 5.74) is 0.110. The number of nitro groups is 1. The average molecular weight is 316 g/mol. The zero-order chi connectivity index (χ0) is 15.4. The number of nitro benzene ring substituents is 1. The molecule has 0 aliphatic carbocycles. The molecule has 1 heterocycles. The highest BCUT2D eigenvalue weighted by molar-refractivity contribution is 6.30. The predicted octanol–water partition coefficient (Wildman–Crippen LogP) is 2.09. The second-order valence-electron chi connectivity index (χ2n) is 4.59. The molecule has 1 aromatic carbocycles. The van der Waals surface area contributed by atoms with Gasteiger partial charge in [-0.3, -0.25) is 10.1 Å². The van der Waals surface area contributed by atoms with E-state index in [1.165, 1.54) is 18.2 Å². The first-order chi connectivity index (χ1) is 9.97. The molecule has 0 saturated carbocycles. The molecule has 2 atom stereocenters. The van der Waals surface area contributed by atoms with Crippen molar-refractivity contribution < 1.29 is 19.6 Å². The van der Waals surface area contributed by atoms with Gasteiger partial charge in [0.25, 0.3) is 5.69 Å². The first kappa shape index (κ1) is 15.3. The molecule has 1 fully saturated rings. The number of ether oxygens (including phenoxy) is 1. The van der Waals surface area contributed by atoms with Gasteiger partial charge in [0.2, 0.25) is 0 Å². The number of carboxylic acid groups (broad SMARTS) is 1. The van der Waals surface area contributed by atoms with E-state index in [4.69, 9.17) is 21.4 Å². The third-order valence-electron chi connectivity index (χ3n) is 3.16. The topological polar surface area (TPSA) is 114 Å². The van der Waals surface area contributed by atoms with E-state index >= 15 is 0 Å². The van der Waals surface area contributed by atoms with Crippen molar-refractivity contribution >= 4 is 29.1 Å². The largest absolute Gasteiger partial charge is 0.465 e. The number of carbonyl (C=O) groups is 1. The van der Waals surface area contributed by atoms with Gasteiger partial charge < -0.3 is 20.5 Å². The summed E-state index contributed by atoms with van der Waals surface area (Å²) in [5.74, 6) is 0. The van der Waals surface area contributed by atoms with Crippen LogP contribution in [0.15, 0.2) is 18.2 Å². The Morgan fingerprint density at radius 3 is 2.90 bits per heavy atom. The lowest BCUT2D eigenvalue weighted by molar-refractivity contribution is -0.384. The molecule has 114 valence electrons. The minimum atomic E-state index is -1.14. The Morgan fingerprint density at radius 2 is 2.24 bits per heavy atom. The van der Waals surface area contributed by atoms with Crippen molar-refractivity contribution in [3.8, 4) is 0 Å². The van der Waals surface area contributed by atoms with Crippen LogP contribution in [0.3, 0.4) is 0 Å². The van der Waals surface area contributed by atoms with Crippen molar-refractivity contribution in [1.29, 1.82) is 0 Å². The van der Waals surface area contributed by atoms with E-state index < -0.39 is 17.1 Å². The van der Waals surface area contributed by atoms with Crippen LogP contribution in [0, 0.1) is 10.1 Å². The first-order valence-electron chi connectivity index (χ1n) is 6.25. The summed E-state index contributed by atoms with van der Waals surface area (Å²) >= 11 is 5.75. The minimum Gasteiger partial charge on any atom is -0.465 e. The smallest absolute Gasteiger partial charge is 0.404 e. The molecular formula is C12H14ClN3O5. The monoisotopic (exact) mass is 315 g/mol. The van der Waals surface area contributed by atoms with Crippen molar-refractivity contribution in [1.82, 2.24) is 5.32 Å². The van der Waals surface area contributed by atoms with Crippen LogP contribution in [0.25, 0.3) is 0 Å². The van der Waals surface area contributed by atoms with Gasteiger partial charge in [0.1, 0.15) is 5.69 Å². The third-order valence-corrected chi connectivity index (χ3v) is 3.40. The van der Waals surface area contributed by atoms with E-state index in [0.29, 0.717) is 13.0 Å². The van der Waals surface area contributed by atoms with Gasteiger partial charge in [-0.1, -0.05) is 11.6 Å². The number of benzene rings is 1. The van der Waals surface area contributed by atoms with E-state index in [2.05, 4.69) is 10.6 Å². The van der Waals surface area contributed by atoms with Crippen LogP contribution in [-0.2, 0) is 4.74 Å². The second kappa shape index (κ2) is 6.59. The van der Waals surface area contributed by atoms with Gasteiger partial charge in [-0.15, -0.1) is 0 Å². The molecule has 1 amide bonds. The average Bonchev–Trinajstić information content (AvgIpc) is 2.42. The van der Waals surface area contributed by atoms with E-state index in [1.807, 2.05) is 0 Å². The molecule has 1 aliphatic rings. The summed E-state index contributed by atoms with van der Waals surface area (Å²) in [4.78, 5) is 21.3. The van der Waals surface area contributed by atoms with Crippen molar-refractivity contribution in [3.63, 3.8) is 0 Å². The van der Waals surface area contributed by atoms with Crippen LogP contribution in [0.2, 0.25) is 5.02 Å². The van der Waals surface area contributed by atoms with Gasteiger partial charge >= 0.3 is 6.09 Å². The lowest BCUT2D eigenvalue weighted by atomic mass is 10.0. The lowest BCUT2D eigenvalue weighted by Gasteiger charge is -2.32. The van der Waals surface area contributed by atoms with E-state index in [1.54, 1.807) is 0 Å². The van der Waals surface area contributed by atoms with Crippen LogP contribution in [0.1, 0.15) is 6.42 Å². The normalized spacial score (nSPS) is 21.6. The molecule has 9 heteroatoms. The molecule has 1 aliphatic heterocycles. The van der Waals surface area contributed by atoms with E-state index in [9.17, 15) is 14.9 Å². The molecule has 0 radical (unpaired) electrons. The molecule has 8 nitrogen and oxygen atoms in total. The Morgan fingerprint density at radius 1 is 1.48 bits per heavy atom. The summed E-state index contributed by atoms with van der Waals surface area (Å²) in [6.07, 6.45) is -0.648. The minimum absolute atomic E-state index is 0.165. The third kappa shape index (κ3) is 3.96. The van der Waals surface area contributed by atoms with Crippen LogP contribution in [0.5, 0.6) is 0 Å². The number of amides is 1. The zero-order valence-corrected chi connectivity index (χ0v) is 11.7. The highest BCUT2D eigenvalue weighted by atomic mass is 35.5. The van der Waals surface area contributed by atoms with Gasteiger partial charge in [-0.05, 0) is 18.6 Å². The Hall–Kier alpha value is -2.06. The molecule has 0 bridgehead atoms. The Balaban J connectivity index is 2.19. The molecule has 0 aromatic heterocycles. The van der Waals surface area contributed by atoms with Crippen LogP contribution < -0.4 is 10.6 Å². The van der Waals surface area contributed by atoms with Crippen LogP contribution in [0.4, 0.5) is 16.2 Å². The quantitative estimate of drug-likeness (QED) is 0.579. The maximum Gasteiger partial charge on any atom is 0.404 e. The first-order valence-corrected chi connectivity index (χ1v) is 6.63. The number of hydrogen-bond acceptors (Lipinski definition) is 5. The molecule has 0 unspecified atom stereocenters. The van der Waals surface area contributed by atoms with E-state index in [0.717, 1.165) is 0 Å². The Kier molecular flexibility index (Phi) is 4.81. The van der Waals surface area contributed by atoms with Crippen LogP contribution in [-0.4, -0.2) is 41.4 Å². The van der Waals surface area contributed by atoms with Crippen molar-refractivity contribution in [2.45, 2.75) is 18.5 Å². The SMILES string of the molecule is O=C(O)N[C@@H]1CCOC[C@H]1Nc1ccc(Cl)cc1[N+](=O)[O-]. The summed E-state index contributed by atoms with van der Waals surface area (Å²) in [7, 11) is 0. The number of nitrogens with zero attached hydrogens (tertiary/aromatic N) is 1.